The average molecular weight is 265 g/mol. The highest BCUT2D eigenvalue weighted by Gasteiger charge is 2.25. The molecule has 0 saturated carbocycles. The Balaban J connectivity index is 4.80. The van der Waals surface area contributed by atoms with Crippen LogP contribution < -0.4 is 0 Å². The SMILES string of the molecule is CCC(CC)CN(CC(=O)OC)S(=O)(=O)CC. The van der Waals surface area contributed by atoms with Gasteiger partial charge in [0.05, 0.1) is 12.9 Å². The minimum absolute atomic E-state index is 0.00411. The summed E-state index contributed by atoms with van der Waals surface area (Å²) in [6.07, 6.45) is 1.79. The molecule has 0 aromatic carbocycles. The van der Waals surface area contributed by atoms with Crippen molar-refractivity contribution >= 4 is 16.0 Å². The lowest BCUT2D eigenvalue weighted by Gasteiger charge is -2.24. The van der Waals surface area contributed by atoms with E-state index in [2.05, 4.69) is 4.74 Å². The van der Waals surface area contributed by atoms with Crippen molar-refractivity contribution in [2.75, 3.05) is 26.0 Å². The Labute approximate surface area is 104 Å². The fourth-order valence-corrected chi connectivity index (χ4v) is 2.61. The molecule has 0 aliphatic rings. The van der Waals surface area contributed by atoms with Gasteiger partial charge in [-0.1, -0.05) is 26.7 Å². The Morgan fingerprint density at radius 2 is 1.76 bits per heavy atom. The second-order valence-corrected chi connectivity index (χ2v) is 6.21. The van der Waals surface area contributed by atoms with Gasteiger partial charge in [-0.2, -0.15) is 4.31 Å². The summed E-state index contributed by atoms with van der Waals surface area (Å²) in [7, 11) is -2.09. The molecular weight excluding hydrogens is 242 g/mol. The molecule has 0 atom stereocenters. The topological polar surface area (TPSA) is 63.7 Å². The maximum absolute atomic E-state index is 11.8. The molecule has 0 aromatic heterocycles. The van der Waals surface area contributed by atoms with E-state index in [1.54, 1.807) is 6.92 Å². The van der Waals surface area contributed by atoms with E-state index in [0.717, 1.165) is 12.8 Å². The van der Waals surface area contributed by atoms with Gasteiger partial charge in [0, 0.05) is 6.54 Å². The largest absolute Gasteiger partial charge is 0.468 e. The molecule has 0 heterocycles. The molecule has 0 unspecified atom stereocenters. The number of sulfonamides is 1. The van der Waals surface area contributed by atoms with Crippen LogP contribution in [0.15, 0.2) is 0 Å². The summed E-state index contributed by atoms with van der Waals surface area (Å²) < 4.78 is 29.4. The van der Waals surface area contributed by atoms with Crippen LogP contribution in [0.1, 0.15) is 33.6 Å². The molecule has 0 fully saturated rings. The van der Waals surface area contributed by atoms with Crippen molar-refractivity contribution in [2.24, 2.45) is 5.92 Å². The molecule has 5 nitrogen and oxygen atoms in total. The standard InChI is InChI=1S/C11H23NO4S/c1-5-10(6-2)8-12(9-11(13)16-4)17(14,15)7-3/h10H,5-9H2,1-4H3. The van der Waals surface area contributed by atoms with Gasteiger partial charge in [-0.15, -0.1) is 0 Å². The van der Waals surface area contributed by atoms with Crippen LogP contribution in [0.3, 0.4) is 0 Å². The van der Waals surface area contributed by atoms with Crippen LogP contribution in [-0.4, -0.2) is 44.6 Å². The summed E-state index contributed by atoms with van der Waals surface area (Å²) in [5, 5.41) is 0. The molecule has 0 aliphatic heterocycles. The Morgan fingerprint density at radius 3 is 2.12 bits per heavy atom. The third-order valence-corrected chi connectivity index (χ3v) is 4.70. The van der Waals surface area contributed by atoms with Crippen molar-refractivity contribution in [2.45, 2.75) is 33.6 Å². The number of ether oxygens (including phenoxy) is 1. The predicted molar refractivity (Wildman–Crippen MR) is 67.1 cm³/mol. The first-order chi connectivity index (χ1) is 7.91. The molecule has 0 bridgehead atoms. The number of hydrogen-bond acceptors (Lipinski definition) is 4. The number of methoxy groups -OCH3 is 1. The van der Waals surface area contributed by atoms with Crippen molar-refractivity contribution in [1.82, 2.24) is 4.31 Å². The second kappa shape index (κ2) is 7.66. The third kappa shape index (κ3) is 5.50. The highest BCUT2D eigenvalue weighted by atomic mass is 32.2. The van der Waals surface area contributed by atoms with Crippen LogP contribution in [0, 0.1) is 5.92 Å². The maximum atomic E-state index is 11.8. The van der Waals surface area contributed by atoms with Crippen LogP contribution in [0.4, 0.5) is 0 Å². The zero-order valence-corrected chi connectivity index (χ0v) is 11.9. The van der Waals surface area contributed by atoms with E-state index in [0.29, 0.717) is 6.54 Å². The molecule has 0 aromatic rings. The van der Waals surface area contributed by atoms with Crippen LogP contribution in [0.2, 0.25) is 0 Å². The summed E-state index contributed by atoms with van der Waals surface area (Å²) >= 11 is 0. The van der Waals surface area contributed by atoms with E-state index in [9.17, 15) is 13.2 Å². The second-order valence-electron chi connectivity index (χ2n) is 3.95. The van der Waals surface area contributed by atoms with Crippen LogP contribution in [0.5, 0.6) is 0 Å². The van der Waals surface area contributed by atoms with Gasteiger partial charge in [0.15, 0.2) is 0 Å². The van der Waals surface area contributed by atoms with Crippen LogP contribution in [0.25, 0.3) is 0 Å². The highest BCUT2D eigenvalue weighted by molar-refractivity contribution is 7.89. The van der Waals surface area contributed by atoms with E-state index < -0.39 is 16.0 Å². The highest BCUT2D eigenvalue weighted by Crippen LogP contribution is 2.13. The molecule has 0 aliphatic carbocycles. The van der Waals surface area contributed by atoms with Gasteiger partial charge < -0.3 is 4.74 Å². The molecule has 17 heavy (non-hydrogen) atoms. The first-order valence-electron chi connectivity index (χ1n) is 5.95. The number of carbonyl (C=O) groups is 1. The Hall–Kier alpha value is -0.620. The quantitative estimate of drug-likeness (QED) is 0.620. The minimum Gasteiger partial charge on any atom is -0.468 e. The Bertz CT molecular complexity index is 322. The van der Waals surface area contributed by atoms with E-state index in [4.69, 9.17) is 0 Å². The van der Waals surface area contributed by atoms with E-state index in [-0.39, 0.29) is 18.2 Å². The van der Waals surface area contributed by atoms with Gasteiger partial charge >= 0.3 is 5.97 Å². The maximum Gasteiger partial charge on any atom is 0.321 e. The zero-order valence-electron chi connectivity index (χ0n) is 11.1. The minimum atomic E-state index is -3.35. The fraction of sp³-hybridized carbons (Fsp3) is 0.909. The van der Waals surface area contributed by atoms with Gasteiger partial charge in [-0.25, -0.2) is 8.42 Å². The molecule has 0 saturated heterocycles. The first kappa shape index (κ1) is 16.4. The number of carbonyl (C=O) groups excluding carboxylic acids is 1. The lowest BCUT2D eigenvalue weighted by molar-refractivity contribution is -0.140. The molecule has 6 heteroatoms. The summed E-state index contributed by atoms with van der Waals surface area (Å²) in [4.78, 5) is 11.2. The van der Waals surface area contributed by atoms with Crippen LogP contribution in [-0.2, 0) is 19.6 Å². The van der Waals surface area contributed by atoms with Crippen molar-refractivity contribution < 1.29 is 17.9 Å². The summed E-state index contributed by atoms with van der Waals surface area (Å²) in [5.74, 6) is -0.238. The Morgan fingerprint density at radius 1 is 1.24 bits per heavy atom. The van der Waals surface area contributed by atoms with E-state index >= 15 is 0 Å². The zero-order chi connectivity index (χ0) is 13.5. The van der Waals surface area contributed by atoms with Gasteiger partial charge in [-0.05, 0) is 12.8 Å². The monoisotopic (exact) mass is 265 g/mol. The number of nitrogens with zero attached hydrogens (tertiary/aromatic N) is 1. The molecule has 102 valence electrons. The predicted octanol–water partition coefficient (Wildman–Crippen LogP) is 1.25. The van der Waals surface area contributed by atoms with Gasteiger partial charge in [0.1, 0.15) is 6.54 Å². The molecule has 0 amide bonds. The smallest absolute Gasteiger partial charge is 0.321 e. The average Bonchev–Trinajstić information content (AvgIpc) is 2.33. The Kier molecular flexibility index (Phi) is 7.38. The molecule has 0 spiro atoms. The third-order valence-electron chi connectivity index (χ3n) is 2.91. The van der Waals surface area contributed by atoms with E-state index in [1.807, 2.05) is 13.8 Å². The first-order valence-corrected chi connectivity index (χ1v) is 7.56. The van der Waals surface area contributed by atoms with Crippen LogP contribution >= 0.6 is 0 Å². The summed E-state index contributed by atoms with van der Waals surface area (Å²) in [6.45, 7) is 5.81. The van der Waals surface area contributed by atoms with Gasteiger partial charge in [0.25, 0.3) is 0 Å². The molecule has 0 radical (unpaired) electrons. The normalized spacial score (nSPS) is 12.1. The van der Waals surface area contributed by atoms with Crippen molar-refractivity contribution in [1.29, 1.82) is 0 Å². The molecule has 0 rings (SSSR count). The lowest BCUT2D eigenvalue weighted by atomic mass is 10.0. The number of esters is 1. The number of hydrogen-bond donors (Lipinski definition) is 0. The van der Waals surface area contributed by atoms with Crippen molar-refractivity contribution in [3.63, 3.8) is 0 Å². The summed E-state index contributed by atoms with van der Waals surface area (Å²) in [6, 6.07) is 0. The molecular formula is C11H23NO4S. The number of rotatable bonds is 8. The fourth-order valence-electron chi connectivity index (χ4n) is 1.50. The van der Waals surface area contributed by atoms with Gasteiger partial charge in [-0.3, -0.25) is 4.79 Å². The van der Waals surface area contributed by atoms with Crippen molar-refractivity contribution in [3.05, 3.63) is 0 Å². The lowest BCUT2D eigenvalue weighted by Crippen LogP contribution is -2.40. The molecule has 0 N–H and O–H groups in total. The summed E-state index contributed by atoms with van der Waals surface area (Å²) in [5.41, 5.74) is 0. The van der Waals surface area contributed by atoms with Crippen molar-refractivity contribution in [3.8, 4) is 0 Å². The van der Waals surface area contributed by atoms with Gasteiger partial charge in [0.2, 0.25) is 10.0 Å². The van der Waals surface area contributed by atoms with E-state index in [1.165, 1.54) is 11.4 Å².